The van der Waals surface area contributed by atoms with Gasteiger partial charge in [0.2, 0.25) is 0 Å². The maximum atomic E-state index is 8.69. The number of phenols is 1. The first-order valence-corrected chi connectivity index (χ1v) is 3.73. The number of rotatable bonds is 1. The predicted molar refractivity (Wildman–Crippen MR) is 43.2 cm³/mol. The lowest BCUT2D eigenvalue weighted by Crippen LogP contribution is -1.83. The maximum Gasteiger partial charge on any atom is 0.124 e. The highest BCUT2D eigenvalue weighted by Crippen LogP contribution is 2.21. The van der Waals surface area contributed by atoms with Gasteiger partial charge in [0.1, 0.15) is 5.75 Å². The van der Waals surface area contributed by atoms with E-state index < -0.39 is 0 Å². The van der Waals surface area contributed by atoms with E-state index in [4.69, 9.17) is 10.2 Å². The van der Waals surface area contributed by atoms with Crippen LogP contribution in [0.15, 0.2) is 18.2 Å². The Morgan fingerprint density at radius 3 is 2.00 bits per heavy atom. The number of aliphatic hydroxyl groups excluding tert-OH is 1. The van der Waals surface area contributed by atoms with Crippen molar-refractivity contribution in [3.63, 3.8) is 0 Å². The van der Waals surface area contributed by atoms with Crippen molar-refractivity contribution in [3.8, 4) is 5.75 Å². The van der Waals surface area contributed by atoms with Gasteiger partial charge in [0.05, 0.1) is 0 Å². The maximum absolute atomic E-state index is 8.69. The zero-order valence-corrected chi connectivity index (χ0v) is 6.54. The molecular formula is C9H12O2. The minimum atomic E-state index is 0.319. The molecular weight excluding hydrogens is 140 g/mol. The van der Waals surface area contributed by atoms with Crippen molar-refractivity contribution < 1.29 is 10.2 Å². The molecule has 0 saturated carbocycles. The van der Waals surface area contributed by atoms with E-state index >= 15 is 0 Å². The van der Waals surface area contributed by atoms with Crippen molar-refractivity contribution in [2.24, 2.45) is 0 Å². The third-order valence-corrected chi connectivity index (χ3v) is 1.53. The molecule has 2 nitrogen and oxygen atoms in total. The Bertz CT molecular complexity index is 315. The van der Waals surface area contributed by atoms with E-state index in [0.29, 0.717) is 12.4 Å². The number of phenolic OH excluding ortho intramolecular Hbond substituents is 1. The summed E-state index contributed by atoms with van der Waals surface area (Å²) in [4.78, 5) is 0. The van der Waals surface area contributed by atoms with Crippen LogP contribution < -0.4 is 0 Å². The van der Waals surface area contributed by atoms with E-state index in [9.17, 15) is 0 Å². The zero-order chi connectivity index (χ0) is 8.27. The van der Waals surface area contributed by atoms with Crippen LogP contribution in [0.25, 0.3) is 0 Å². The molecule has 0 aromatic rings. The largest absolute Gasteiger partial charge is 0.507 e. The highest BCUT2D eigenvalue weighted by Gasteiger charge is 2.00. The monoisotopic (exact) mass is 152 g/mol. The van der Waals surface area contributed by atoms with Gasteiger partial charge in [-0.15, -0.1) is 0 Å². The first-order valence-electron chi connectivity index (χ1n) is 3.73. The number of hydrogen-bond acceptors (Lipinski definition) is 2. The average Bonchev–Trinajstić information content (AvgIpc) is 2.00. The van der Waals surface area contributed by atoms with Gasteiger partial charge in [-0.25, -0.2) is 0 Å². The quantitative estimate of drug-likeness (QED) is 0.648. The van der Waals surface area contributed by atoms with Crippen LogP contribution in [0, 0.1) is 10.4 Å². The van der Waals surface area contributed by atoms with Gasteiger partial charge in [0.25, 0.3) is 0 Å². The van der Waals surface area contributed by atoms with Crippen LogP contribution in [0.3, 0.4) is 0 Å². The normalized spacial score (nSPS) is 10.0. The summed E-state index contributed by atoms with van der Waals surface area (Å²) in [6, 6.07) is 5.65. The first kappa shape index (κ1) is 8.08. The molecule has 0 atom stereocenters. The van der Waals surface area contributed by atoms with Gasteiger partial charge >= 0.3 is 0 Å². The molecule has 2 rings (SSSR count). The molecule has 0 radical (unpaired) electrons. The van der Waals surface area contributed by atoms with Crippen molar-refractivity contribution in [1.82, 2.24) is 0 Å². The molecule has 2 N–H and O–H groups in total. The summed E-state index contributed by atoms with van der Waals surface area (Å²) < 4.78 is 0. The summed E-state index contributed by atoms with van der Waals surface area (Å²) in [5.41, 5.74) is 0. The van der Waals surface area contributed by atoms with Gasteiger partial charge in [0.15, 0.2) is 0 Å². The van der Waals surface area contributed by atoms with Crippen molar-refractivity contribution in [2.45, 2.75) is 13.3 Å². The summed E-state index contributed by atoms with van der Waals surface area (Å²) >= 11 is 0. The smallest absolute Gasteiger partial charge is 0.124 e. The van der Waals surface area contributed by atoms with Crippen LogP contribution in [0.1, 0.15) is 13.3 Å². The van der Waals surface area contributed by atoms with E-state index in [1.54, 1.807) is 6.07 Å². The van der Waals surface area contributed by atoms with Gasteiger partial charge in [0, 0.05) is 11.8 Å². The number of aliphatic hydroxyl groups is 1. The molecule has 2 aliphatic carbocycles. The number of aromatic hydroxyl groups is 1. The Kier molecular flexibility index (Phi) is 2.49. The third kappa shape index (κ3) is 1.52. The summed E-state index contributed by atoms with van der Waals surface area (Å²) in [6.45, 7) is 2.25. The summed E-state index contributed by atoms with van der Waals surface area (Å²) in [6.07, 6.45) is 0.875. The lowest BCUT2D eigenvalue weighted by molar-refractivity contribution is 0.295. The second-order valence-corrected chi connectivity index (χ2v) is 2.46. The van der Waals surface area contributed by atoms with Crippen molar-refractivity contribution in [2.75, 3.05) is 6.61 Å². The molecule has 60 valence electrons. The molecule has 2 aliphatic rings. The SMILES string of the molecule is CCCO.Oc1cc2ccc1=2. The van der Waals surface area contributed by atoms with E-state index in [1.807, 2.05) is 19.1 Å². The molecule has 0 amide bonds. The summed E-state index contributed by atoms with van der Waals surface area (Å²) in [7, 11) is 0. The van der Waals surface area contributed by atoms with Crippen molar-refractivity contribution >= 4 is 0 Å². The van der Waals surface area contributed by atoms with Gasteiger partial charge in [-0.2, -0.15) is 0 Å². The Morgan fingerprint density at radius 1 is 1.36 bits per heavy atom. The Morgan fingerprint density at radius 2 is 2.00 bits per heavy atom. The molecule has 0 saturated heterocycles. The molecule has 0 aromatic carbocycles. The van der Waals surface area contributed by atoms with E-state index in [-0.39, 0.29) is 0 Å². The molecule has 0 heterocycles. The number of hydrogen-bond donors (Lipinski definition) is 2. The molecule has 2 heteroatoms. The summed E-state index contributed by atoms with van der Waals surface area (Å²) in [5.74, 6) is 0.442. The second kappa shape index (κ2) is 3.39. The second-order valence-electron chi connectivity index (χ2n) is 2.46. The molecule has 0 aliphatic heterocycles. The molecule has 0 spiro atoms. The minimum Gasteiger partial charge on any atom is -0.507 e. The lowest BCUT2D eigenvalue weighted by Gasteiger charge is -2.02. The highest BCUT2D eigenvalue weighted by atomic mass is 16.3. The topological polar surface area (TPSA) is 40.5 Å². The minimum absolute atomic E-state index is 0.319. The van der Waals surface area contributed by atoms with Crippen LogP contribution in [-0.4, -0.2) is 16.8 Å². The van der Waals surface area contributed by atoms with Gasteiger partial charge in [-0.1, -0.05) is 19.1 Å². The van der Waals surface area contributed by atoms with Crippen molar-refractivity contribution in [1.29, 1.82) is 0 Å². The highest BCUT2D eigenvalue weighted by molar-refractivity contribution is 5.37. The molecule has 0 aromatic heterocycles. The van der Waals surface area contributed by atoms with E-state index in [2.05, 4.69) is 0 Å². The molecule has 11 heavy (non-hydrogen) atoms. The van der Waals surface area contributed by atoms with Crippen LogP contribution in [-0.2, 0) is 0 Å². The van der Waals surface area contributed by atoms with E-state index in [1.165, 1.54) is 5.22 Å². The Labute approximate surface area is 65.4 Å². The fourth-order valence-electron chi connectivity index (χ4n) is 0.769. The zero-order valence-electron chi connectivity index (χ0n) is 6.54. The fourth-order valence-corrected chi connectivity index (χ4v) is 0.769. The van der Waals surface area contributed by atoms with Crippen LogP contribution in [0.4, 0.5) is 0 Å². The van der Waals surface area contributed by atoms with Gasteiger partial charge < -0.3 is 10.2 Å². The Balaban J connectivity index is 0.000000134. The molecule has 0 unspecified atom stereocenters. The lowest BCUT2D eigenvalue weighted by atomic mass is 10.1. The average molecular weight is 152 g/mol. The van der Waals surface area contributed by atoms with Gasteiger partial charge in [-0.05, 0) is 17.7 Å². The van der Waals surface area contributed by atoms with E-state index in [0.717, 1.165) is 11.6 Å². The predicted octanol–water partition coefficient (Wildman–Crippen LogP) is 1.38. The van der Waals surface area contributed by atoms with Crippen LogP contribution >= 0.6 is 0 Å². The molecule has 0 bridgehead atoms. The number of benzene rings is 1. The Hall–Kier alpha value is -1.02. The summed E-state index contributed by atoms with van der Waals surface area (Å²) in [5, 5.41) is 18.8. The van der Waals surface area contributed by atoms with Crippen molar-refractivity contribution in [3.05, 3.63) is 28.6 Å². The van der Waals surface area contributed by atoms with Crippen LogP contribution in [0.2, 0.25) is 0 Å². The van der Waals surface area contributed by atoms with Crippen LogP contribution in [0.5, 0.6) is 5.75 Å². The van der Waals surface area contributed by atoms with Gasteiger partial charge in [-0.3, -0.25) is 0 Å². The molecule has 0 fully saturated rings. The first-order chi connectivity index (χ1) is 5.29. The third-order valence-electron chi connectivity index (χ3n) is 1.53. The standard InChI is InChI=1S/C6H4O.C3H8O/c7-6-3-4-1-2-5(4)6;1-2-3-4/h1-3,7H;4H,2-3H2,1H3. The fraction of sp³-hybridized carbons (Fsp3) is 0.333.